The molecule has 0 saturated heterocycles. The fourth-order valence-corrected chi connectivity index (χ4v) is 4.25. The van der Waals surface area contributed by atoms with Gasteiger partial charge in [0, 0.05) is 21.5 Å². The van der Waals surface area contributed by atoms with Gasteiger partial charge in [-0.25, -0.2) is 4.39 Å². The summed E-state index contributed by atoms with van der Waals surface area (Å²) >= 11 is 4.36. The van der Waals surface area contributed by atoms with E-state index in [1.165, 1.54) is 0 Å². The molecule has 19 heavy (non-hydrogen) atoms. The molecule has 1 aliphatic carbocycles. The number of hydrogen-bond donors (Lipinski definition) is 1. The van der Waals surface area contributed by atoms with Crippen LogP contribution in [0.25, 0.3) is 0 Å². The minimum atomic E-state index is -0.332. The second kappa shape index (κ2) is 4.75. The molecule has 1 heterocycles. The molecule has 1 saturated carbocycles. The van der Waals surface area contributed by atoms with Crippen molar-refractivity contribution in [3.8, 4) is 0 Å². The lowest BCUT2D eigenvalue weighted by Crippen LogP contribution is -2.22. The molecule has 0 bridgehead atoms. The fourth-order valence-electron chi connectivity index (χ4n) is 2.77. The van der Waals surface area contributed by atoms with E-state index in [4.69, 9.17) is 4.74 Å². The lowest BCUT2D eigenvalue weighted by Gasteiger charge is -2.27. The highest BCUT2D eigenvalue weighted by Gasteiger charge is 2.61. The Balaban J connectivity index is 2.03. The average Bonchev–Trinajstić information content (AvgIpc) is 3.06. The summed E-state index contributed by atoms with van der Waals surface area (Å²) < 4.78 is 21.2. The standard InChI is InChI=1S/C14H13FI2O2/c1-7-2-9(11(17)4-10(7)15)14-5-8(14)3-12(18)13(6-16)19-14/h2,4,8,18H,3,5-6H2,1H3. The van der Waals surface area contributed by atoms with Gasteiger partial charge >= 0.3 is 0 Å². The first-order valence-corrected chi connectivity index (χ1v) is 8.70. The molecule has 2 atom stereocenters. The smallest absolute Gasteiger partial charge is 0.144 e. The number of alkyl halides is 1. The maximum absolute atomic E-state index is 13.6. The molecule has 2 aliphatic rings. The summed E-state index contributed by atoms with van der Waals surface area (Å²) in [6.07, 6.45) is 1.57. The molecular weight excluding hydrogens is 473 g/mol. The van der Waals surface area contributed by atoms with Gasteiger partial charge in [-0.3, -0.25) is 0 Å². The molecule has 0 amide bonds. The summed E-state index contributed by atoms with van der Waals surface area (Å²) in [5.74, 6) is 1.19. The van der Waals surface area contributed by atoms with Crippen LogP contribution in [-0.4, -0.2) is 9.53 Å². The van der Waals surface area contributed by atoms with E-state index in [0.717, 1.165) is 15.6 Å². The Morgan fingerprint density at radius 3 is 2.95 bits per heavy atom. The van der Waals surface area contributed by atoms with Crippen molar-refractivity contribution in [3.63, 3.8) is 0 Å². The molecular formula is C14H13FI2O2. The first kappa shape index (κ1) is 13.9. The molecule has 1 fully saturated rings. The maximum Gasteiger partial charge on any atom is 0.144 e. The van der Waals surface area contributed by atoms with E-state index < -0.39 is 0 Å². The molecule has 3 rings (SSSR count). The van der Waals surface area contributed by atoms with Crippen LogP contribution in [0.1, 0.15) is 24.0 Å². The molecule has 1 aromatic carbocycles. The van der Waals surface area contributed by atoms with Crippen LogP contribution in [0.4, 0.5) is 4.39 Å². The van der Waals surface area contributed by atoms with E-state index in [1.54, 1.807) is 13.0 Å². The highest BCUT2D eigenvalue weighted by atomic mass is 127. The number of ether oxygens (including phenoxy) is 1. The van der Waals surface area contributed by atoms with Crippen LogP contribution < -0.4 is 0 Å². The third-order valence-electron chi connectivity index (χ3n) is 3.94. The van der Waals surface area contributed by atoms with Gasteiger partial charge in [0.15, 0.2) is 0 Å². The number of halogens is 3. The number of fused-ring (bicyclic) bond motifs is 1. The van der Waals surface area contributed by atoms with Gasteiger partial charge in [-0.1, -0.05) is 22.6 Å². The van der Waals surface area contributed by atoms with Crippen molar-refractivity contribution < 1.29 is 14.2 Å². The highest BCUT2D eigenvalue weighted by molar-refractivity contribution is 14.1. The summed E-state index contributed by atoms with van der Waals surface area (Å²) in [4.78, 5) is 0. The monoisotopic (exact) mass is 486 g/mol. The second-order valence-electron chi connectivity index (χ2n) is 5.18. The van der Waals surface area contributed by atoms with E-state index in [-0.39, 0.29) is 11.4 Å². The molecule has 2 nitrogen and oxygen atoms in total. The van der Waals surface area contributed by atoms with Crippen molar-refractivity contribution in [1.29, 1.82) is 0 Å². The lowest BCUT2D eigenvalue weighted by atomic mass is 9.99. The first-order chi connectivity index (χ1) is 8.98. The number of rotatable bonds is 2. The van der Waals surface area contributed by atoms with Gasteiger partial charge in [0.1, 0.15) is 22.9 Å². The Hall–Kier alpha value is -0.0500. The van der Waals surface area contributed by atoms with E-state index in [0.29, 0.717) is 33.8 Å². The predicted octanol–water partition coefficient (Wildman–Crippen LogP) is 4.58. The number of aliphatic hydroxyl groups excluding tert-OH is 1. The molecule has 5 heteroatoms. The largest absolute Gasteiger partial charge is 0.509 e. The van der Waals surface area contributed by atoms with Crippen LogP contribution in [0.3, 0.4) is 0 Å². The van der Waals surface area contributed by atoms with E-state index in [1.807, 2.05) is 6.07 Å². The number of allylic oxidation sites excluding steroid dienone is 2. The van der Waals surface area contributed by atoms with Crippen LogP contribution in [0, 0.1) is 22.2 Å². The van der Waals surface area contributed by atoms with Crippen molar-refractivity contribution in [2.24, 2.45) is 5.92 Å². The summed E-state index contributed by atoms with van der Waals surface area (Å²) in [5, 5.41) is 9.88. The zero-order valence-corrected chi connectivity index (χ0v) is 14.7. The zero-order chi connectivity index (χ0) is 13.8. The van der Waals surface area contributed by atoms with Crippen LogP contribution in [0.2, 0.25) is 0 Å². The third-order valence-corrected chi connectivity index (χ3v) is 5.53. The van der Waals surface area contributed by atoms with Crippen molar-refractivity contribution in [1.82, 2.24) is 0 Å². The van der Waals surface area contributed by atoms with Crippen molar-refractivity contribution in [2.45, 2.75) is 25.4 Å². The topological polar surface area (TPSA) is 29.5 Å². The van der Waals surface area contributed by atoms with Crippen LogP contribution in [0.15, 0.2) is 23.7 Å². The van der Waals surface area contributed by atoms with Gasteiger partial charge in [0.25, 0.3) is 0 Å². The van der Waals surface area contributed by atoms with Crippen molar-refractivity contribution >= 4 is 45.2 Å². The first-order valence-electron chi connectivity index (χ1n) is 6.10. The summed E-state index contributed by atoms with van der Waals surface area (Å²) in [5.41, 5.74) is 1.38. The Kier molecular flexibility index (Phi) is 3.48. The molecule has 102 valence electrons. The SMILES string of the molecule is Cc1cc(C23CC2CC(O)=C(CI)O3)c(I)cc1F. The summed E-state index contributed by atoms with van der Waals surface area (Å²) in [6.45, 7) is 1.78. The molecule has 0 radical (unpaired) electrons. The Labute approximate surface area is 138 Å². The number of aryl methyl sites for hydroxylation is 1. The number of benzene rings is 1. The summed E-state index contributed by atoms with van der Waals surface area (Å²) in [7, 11) is 0. The average molecular weight is 486 g/mol. The number of hydrogen-bond acceptors (Lipinski definition) is 2. The normalized spacial score (nSPS) is 28.9. The van der Waals surface area contributed by atoms with Crippen LogP contribution >= 0.6 is 45.2 Å². The second-order valence-corrected chi connectivity index (χ2v) is 7.11. The van der Waals surface area contributed by atoms with Crippen molar-refractivity contribution in [2.75, 3.05) is 4.43 Å². The van der Waals surface area contributed by atoms with E-state index in [9.17, 15) is 9.50 Å². The fraction of sp³-hybridized carbons (Fsp3) is 0.429. The third kappa shape index (κ3) is 2.16. The Morgan fingerprint density at radius 2 is 2.26 bits per heavy atom. The molecule has 2 unspecified atom stereocenters. The summed E-state index contributed by atoms with van der Waals surface area (Å²) in [6, 6.07) is 3.46. The van der Waals surface area contributed by atoms with Crippen LogP contribution in [-0.2, 0) is 10.3 Å². The Bertz CT molecular complexity index is 585. The highest BCUT2D eigenvalue weighted by Crippen LogP contribution is 2.62. The molecule has 1 N–H and O–H groups in total. The van der Waals surface area contributed by atoms with Crippen LogP contribution in [0.5, 0.6) is 0 Å². The predicted molar refractivity (Wildman–Crippen MR) is 87.9 cm³/mol. The van der Waals surface area contributed by atoms with Crippen molar-refractivity contribution in [3.05, 3.63) is 44.2 Å². The quantitative estimate of drug-likeness (QED) is 0.491. The van der Waals surface area contributed by atoms with Gasteiger partial charge in [0.05, 0.1) is 4.43 Å². The number of aliphatic hydroxyl groups is 1. The lowest BCUT2D eigenvalue weighted by molar-refractivity contribution is 0.0494. The van der Waals surface area contributed by atoms with E-state index in [2.05, 4.69) is 45.2 Å². The maximum atomic E-state index is 13.6. The molecule has 1 aliphatic heterocycles. The van der Waals surface area contributed by atoms with Gasteiger partial charge in [-0.05, 0) is 53.6 Å². The Morgan fingerprint density at radius 1 is 1.53 bits per heavy atom. The van der Waals surface area contributed by atoms with Gasteiger partial charge in [-0.15, -0.1) is 0 Å². The minimum Gasteiger partial charge on any atom is -0.509 e. The minimum absolute atomic E-state index is 0.176. The molecule has 1 aromatic rings. The molecule has 0 spiro atoms. The van der Waals surface area contributed by atoms with Gasteiger partial charge < -0.3 is 9.84 Å². The van der Waals surface area contributed by atoms with Gasteiger partial charge in [-0.2, -0.15) is 0 Å². The zero-order valence-electron chi connectivity index (χ0n) is 10.3. The van der Waals surface area contributed by atoms with Gasteiger partial charge in [0.2, 0.25) is 0 Å². The molecule has 0 aromatic heterocycles. The van der Waals surface area contributed by atoms with E-state index >= 15 is 0 Å².